The van der Waals surface area contributed by atoms with Gasteiger partial charge in [-0.15, -0.1) is 0 Å². The Morgan fingerprint density at radius 2 is 2.48 bits per heavy atom. The van der Waals surface area contributed by atoms with E-state index in [-0.39, 0.29) is 11.9 Å². The van der Waals surface area contributed by atoms with Gasteiger partial charge in [-0.2, -0.15) is 14.9 Å². The number of nitrogens with zero attached hydrogens (tertiary/aromatic N) is 3. The molecule has 0 unspecified atom stereocenters. The van der Waals surface area contributed by atoms with E-state index in [0.717, 1.165) is 12.8 Å². The van der Waals surface area contributed by atoms with Gasteiger partial charge in [0.05, 0.1) is 12.8 Å². The van der Waals surface area contributed by atoms with E-state index in [2.05, 4.69) is 15.3 Å². The van der Waals surface area contributed by atoms with Crippen molar-refractivity contribution in [1.82, 2.24) is 14.9 Å². The number of ether oxygens (including phenoxy) is 2. The van der Waals surface area contributed by atoms with Crippen LogP contribution in [0.1, 0.15) is 37.3 Å². The predicted molar refractivity (Wildman–Crippen MR) is 87.6 cm³/mol. The monoisotopic (exact) mass is 334 g/mol. The molecule has 2 aromatic rings. The normalized spacial score (nSPS) is 17.9. The van der Waals surface area contributed by atoms with Gasteiger partial charge in [0.2, 0.25) is 4.77 Å². The molecular weight excluding hydrogens is 316 g/mol. The second-order valence-electron chi connectivity index (χ2n) is 5.07. The highest BCUT2D eigenvalue weighted by molar-refractivity contribution is 7.71. The lowest BCUT2D eigenvalue weighted by Gasteiger charge is -2.08. The Morgan fingerprint density at radius 1 is 1.61 bits per heavy atom. The Morgan fingerprint density at radius 3 is 3.22 bits per heavy atom. The van der Waals surface area contributed by atoms with Gasteiger partial charge in [0.15, 0.2) is 17.3 Å². The molecule has 0 amide bonds. The highest BCUT2D eigenvalue weighted by Gasteiger charge is 2.23. The summed E-state index contributed by atoms with van der Waals surface area (Å²) in [6.07, 6.45) is 3.30. The maximum Gasteiger partial charge on any atom is 0.216 e. The van der Waals surface area contributed by atoms with Gasteiger partial charge < -0.3 is 14.6 Å². The van der Waals surface area contributed by atoms with Crippen LogP contribution in [0.15, 0.2) is 23.3 Å². The van der Waals surface area contributed by atoms with E-state index >= 15 is 0 Å². The average molecular weight is 334 g/mol. The van der Waals surface area contributed by atoms with Crippen molar-refractivity contribution in [2.24, 2.45) is 5.10 Å². The minimum absolute atomic E-state index is 0.0479. The number of phenols is 1. The first kappa shape index (κ1) is 15.7. The first-order valence-corrected chi connectivity index (χ1v) is 7.89. The molecule has 1 aliphatic rings. The van der Waals surface area contributed by atoms with Crippen LogP contribution in [-0.4, -0.2) is 39.4 Å². The molecule has 1 fully saturated rings. The lowest BCUT2D eigenvalue weighted by molar-refractivity contribution is 0.102. The van der Waals surface area contributed by atoms with Crippen LogP contribution < -0.4 is 4.74 Å². The topological polar surface area (TPSA) is 84.7 Å². The van der Waals surface area contributed by atoms with Gasteiger partial charge in [-0.1, -0.05) is 6.07 Å². The third-order valence-corrected chi connectivity index (χ3v) is 3.80. The largest absolute Gasteiger partial charge is 0.504 e. The number of hydrogen-bond acceptors (Lipinski definition) is 6. The third kappa shape index (κ3) is 3.27. The number of benzene rings is 1. The molecule has 0 aliphatic carbocycles. The molecule has 23 heavy (non-hydrogen) atoms. The first-order valence-electron chi connectivity index (χ1n) is 7.48. The summed E-state index contributed by atoms with van der Waals surface area (Å²) >= 11 is 5.21. The lowest BCUT2D eigenvalue weighted by atomic mass is 10.2. The molecule has 0 saturated carbocycles. The molecule has 2 heterocycles. The molecule has 1 aliphatic heterocycles. The second kappa shape index (κ2) is 6.93. The van der Waals surface area contributed by atoms with Gasteiger partial charge in [0.25, 0.3) is 0 Å². The number of hydrogen-bond donors (Lipinski definition) is 2. The molecule has 1 atom stereocenters. The molecule has 1 aromatic heterocycles. The van der Waals surface area contributed by atoms with Crippen LogP contribution in [0.25, 0.3) is 0 Å². The minimum Gasteiger partial charge on any atom is -0.504 e. The van der Waals surface area contributed by atoms with Crippen LogP contribution in [0, 0.1) is 4.77 Å². The van der Waals surface area contributed by atoms with Gasteiger partial charge in [0, 0.05) is 12.2 Å². The molecule has 0 radical (unpaired) electrons. The number of phenolic OH excluding ortho intramolecular Hbond substituents is 1. The summed E-state index contributed by atoms with van der Waals surface area (Å²) in [7, 11) is 0. The average Bonchev–Trinajstić information content (AvgIpc) is 3.18. The zero-order valence-corrected chi connectivity index (χ0v) is 13.5. The first-order chi connectivity index (χ1) is 11.2. The minimum atomic E-state index is -0.108. The molecule has 2 N–H and O–H groups in total. The quantitative estimate of drug-likeness (QED) is 0.649. The fraction of sp³-hybridized carbons (Fsp3) is 0.400. The summed E-state index contributed by atoms with van der Waals surface area (Å²) < 4.78 is 12.9. The van der Waals surface area contributed by atoms with Gasteiger partial charge in [-0.3, -0.25) is 5.10 Å². The van der Waals surface area contributed by atoms with Gasteiger partial charge in [-0.05, 0) is 44.1 Å². The lowest BCUT2D eigenvalue weighted by Crippen LogP contribution is -2.05. The van der Waals surface area contributed by atoms with E-state index in [1.807, 2.05) is 6.92 Å². The van der Waals surface area contributed by atoms with Crippen molar-refractivity contribution >= 4 is 18.4 Å². The fourth-order valence-corrected chi connectivity index (χ4v) is 2.63. The SMILES string of the molecule is CCOc1cccc(/C=N/n2c([C@@H]3CCCO3)n[nH]c2=S)c1O. The van der Waals surface area contributed by atoms with Gasteiger partial charge in [-0.25, -0.2) is 0 Å². The number of H-pyrrole nitrogens is 1. The van der Waals surface area contributed by atoms with E-state index in [1.54, 1.807) is 18.2 Å². The number of aromatic amines is 1. The Labute approximate surface area is 138 Å². The second-order valence-corrected chi connectivity index (χ2v) is 5.46. The number of aromatic hydroxyl groups is 1. The van der Waals surface area contributed by atoms with Crippen LogP contribution in [-0.2, 0) is 4.74 Å². The van der Waals surface area contributed by atoms with Crippen LogP contribution in [0.4, 0.5) is 0 Å². The number of rotatable bonds is 5. The summed E-state index contributed by atoms with van der Waals surface area (Å²) in [6, 6.07) is 5.25. The van der Waals surface area contributed by atoms with Crippen molar-refractivity contribution in [3.8, 4) is 11.5 Å². The molecule has 122 valence electrons. The van der Waals surface area contributed by atoms with Gasteiger partial charge in [0.1, 0.15) is 6.10 Å². The zero-order valence-electron chi connectivity index (χ0n) is 12.7. The van der Waals surface area contributed by atoms with E-state index in [4.69, 9.17) is 21.7 Å². The molecule has 7 nitrogen and oxygen atoms in total. The number of nitrogens with one attached hydrogen (secondary N) is 1. The smallest absolute Gasteiger partial charge is 0.216 e. The van der Waals surface area contributed by atoms with E-state index in [1.165, 1.54) is 10.9 Å². The number of aromatic nitrogens is 3. The van der Waals surface area contributed by atoms with Gasteiger partial charge >= 0.3 is 0 Å². The van der Waals surface area contributed by atoms with E-state index in [0.29, 0.717) is 35.1 Å². The molecule has 0 bridgehead atoms. The van der Waals surface area contributed by atoms with E-state index in [9.17, 15) is 5.11 Å². The summed E-state index contributed by atoms with van der Waals surface area (Å²) in [5, 5.41) is 21.5. The standard InChI is InChI=1S/C15H18N4O3S/c1-2-21-11-6-3-5-10(13(11)20)9-16-19-14(17-18-15(19)23)12-7-4-8-22-12/h3,5-6,9,12,20H,2,4,7-8H2,1H3,(H,18,23)/b16-9+/t12-/m0/s1. The van der Waals surface area contributed by atoms with Crippen LogP contribution in [0.5, 0.6) is 11.5 Å². The van der Waals surface area contributed by atoms with Crippen LogP contribution in [0.3, 0.4) is 0 Å². The number of para-hydroxylation sites is 1. The van der Waals surface area contributed by atoms with Crippen molar-refractivity contribution < 1.29 is 14.6 Å². The van der Waals surface area contributed by atoms with Crippen molar-refractivity contribution in [1.29, 1.82) is 0 Å². The van der Waals surface area contributed by atoms with E-state index < -0.39 is 0 Å². The Balaban J connectivity index is 1.90. The molecule has 8 heteroatoms. The summed E-state index contributed by atoms with van der Waals surface area (Å²) in [4.78, 5) is 0. The van der Waals surface area contributed by atoms with Crippen LogP contribution in [0.2, 0.25) is 0 Å². The fourth-order valence-electron chi connectivity index (χ4n) is 2.44. The summed E-state index contributed by atoms with van der Waals surface area (Å²) in [5.41, 5.74) is 0.539. The molecule has 1 saturated heterocycles. The Kier molecular flexibility index (Phi) is 4.73. The highest BCUT2D eigenvalue weighted by atomic mass is 32.1. The zero-order chi connectivity index (χ0) is 16.2. The highest BCUT2D eigenvalue weighted by Crippen LogP contribution is 2.29. The Hall–Kier alpha value is -2.19. The maximum absolute atomic E-state index is 10.2. The van der Waals surface area contributed by atoms with Crippen molar-refractivity contribution in [2.75, 3.05) is 13.2 Å². The molecule has 0 spiro atoms. The summed E-state index contributed by atoms with van der Waals surface area (Å²) in [5.74, 6) is 1.11. The molecule has 1 aromatic carbocycles. The Bertz CT molecular complexity index is 762. The van der Waals surface area contributed by atoms with Crippen molar-refractivity contribution in [3.63, 3.8) is 0 Å². The predicted octanol–water partition coefficient (Wildman–Crippen LogP) is 2.78. The van der Waals surface area contributed by atoms with Crippen molar-refractivity contribution in [2.45, 2.75) is 25.9 Å². The third-order valence-electron chi connectivity index (χ3n) is 3.54. The summed E-state index contributed by atoms with van der Waals surface area (Å²) in [6.45, 7) is 3.05. The van der Waals surface area contributed by atoms with Crippen LogP contribution >= 0.6 is 12.2 Å². The molecular formula is C15H18N4O3S. The molecule has 3 rings (SSSR count). The van der Waals surface area contributed by atoms with Crippen molar-refractivity contribution in [3.05, 3.63) is 34.4 Å². The maximum atomic E-state index is 10.2.